The molecule has 0 bridgehead atoms. The number of benzene rings is 8. The van der Waals surface area contributed by atoms with Gasteiger partial charge in [0.05, 0.1) is 5.69 Å². The summed E-state index contributed by atoms with van der Waals surface area (Å²) in [4.78, 5) is 2.42. The smallest absolute Gasteiger partial charge is 0.0546 e. The molecule has 9 rings (SSSR count). The summed E-state index contributed by atoms with van der Waals surface area (Å²) in [7, 11) is 0. The summed E-state index contributed by atoms with van der Waals surface area (Å²) in [6.45, 7) is 0. The van der Waals surface area contributed by atoms with Crippen LogP contribution in [0.2, 0.25) is 0 Å². The first-order valence-electron chi connectivity index (χ1n) is 16.3. The number of anilines is 3. The van der Waals surface area contributed by atoms with Crippen LogP contribution in [-0.4, -0.2) is 0 Å². The summed E-state index contributed by atoms with van der Waals surface area (Å²) in [6.07, 6.45) is 0. The van der Waals surface area contributed by atoms with Crippen molar-refractivity contribution in [2.75, 3.05) is 4.90 Å². The van der Waals surface area contributed by atoms with E-state index in [1.165, 1.54) is 64.3 Å². The Morgan fingerprint density at radius 2 is 0.833 bits per heavy atom. The summed E-state index contributed by atoms with van der Waals surface area (Å²) in [5.41, 5.74) is 10.6. The van der Waals surface area contributed by atoms with E-state index in [4.69, 9.17) is 0 Å². The molecule has 0 atom stereocenters. The van der Waals surface area contributed by atoms with Gasteiger partial charge in [-0.15, -0.1) is 11.3 Å². The van der Waals surface area contributed by atoms with Crippen LogP contribution in [0.1, 0.15) is 0 Å². The van der Waals surface area contributed by atoms with E-state index in [1.807, 2.05) is 11.3 Å². The minimum atomic E-state index is 1.11. The van der Waals surface area contributed by atoms with Gasteiger partial charge in [-0.05, 0) is 81.1 Å². The Bertz CT molecular complexity index is 2450. The van der Waals surface area contributed by atoms with Crippen LogP contribution in [0.3, 0.4) is 0 Å². The SMILES string of the molecule is c1ccc(-c2ccc(N(c3ccc(-c4ccccc4)cc3)c3ccc4ccccc4c3-c3ccc4c(c3)sc3ccccc34)cc2)cc1. The molecule has 0 aliphatic heterocycles. The summed E-state index contributed by atoms with van der Waals surface area (Å²) in [5.74, 6) is 0. The molecule has 1 heterocycles. The predicted molar refractivity (Wildman–Crippen MR) is 208 cm³/mol. The Morgan fingerprint density at radius 3 is 1.48 bits per heavy atom. The van der Waals surface area contributed by atoms with Gasteiger partial charge in [-0.1, -0.05) is 146 Å². The first-order valence-corrected chi connectivity index (χ1v) is 17.2. The molecule has 0 spiro atoms. The molecule has 0 saturated carbocycles. The van der Waals surface area contributed by atoms with Crippen LogP contribution in [0.5, 0.6) is 0 Å². The highest BCUT2D eigenvalue weighted by Gasteiger charge is 2.20. The van der Waals surface area contributed by atoms with E-state index in [9.17, 15) is 0 Å². The lowest BCUT2D eigenvalue weighted by Gasteiger charge is -2.29. The summed E-state index contributed by atoms with van der Waals surface area (Å²) < 4.78 is 2.62. The average molecular weight is 630 g/mol. The molecule has 0 fully saturated rings. The molecule has 9 aromatic rings. The Balaban J connectivity index is 1.26. The molecule has 0 amide bonds. The molecule has 8 aromatic carbocycles. The number of thiophene rings is 1. The quantitative estimate of drug-likeness (QED) is 0.177. The maximum atomic E-state index is 2.42. The van der Waals surface area contributed by atoms with E-state index in [2.05, 4.69) is 193 Å². The first-order chi connectivity index (χ1) is 23.8. The maximum absolute atomic E-state index is 2.42. The van der Waals surface area contributed by atoms with Gasteiger partial charge < -0.3 is 4.90 Å². The van der Waals surface area contributed by atoms with Crippen LogP contribution in [0.15, 0.2) is 188 Å². The van der Waals surface area contributed by atoms with Crippen molar-refractivity contribution in [3.05, 3.63) is 188 Å². The molecule has 0 aliphatic rings. The second kappa shape index (κ2) is 12.0. The van der Waals surface area contributed by atoms with Crippen molar-refractivity contribution in [2.24, 2.45) is 0 Å². The third-order valence-electron chi connectivity index (χ3n) is 9.28. The molecule has 1 aromatic heterocycles. The van der Waals surface area contributed by atoms with Crippen molar-refractivity contribution in [1.82, 2.24) is 0 Å². The van der Waals surface area contributed by atoms with Crippen LogP contribution >= 0.6 is 11.3 Å². The Morgan fingerprint density at radius 1 is 0.333 bits per heavy atom. The number of hydrogen-bond donors (Lipinski definition) is 0. The number of nitrogens with zero attached hydrogens (tertiary/aromatic N) is 1. The zero-order chi connectivity index (χ0) is 31.9. The largest absolute Gasteiger partial charge is 0.310 e. The van der Waals surface area contributed by atoms with Crippen molar-refractivity contribution >= 4 is 59.3 Å². The molecule has 0 saturated heterocycles. The summed E-state index contributed by atoms with van der Waals surface area (Å²) in [6, 6.07) is 68.2. The zero-order valence-corrected chi connectivity index (χ0v) is 27.1. The highest BCUT2D eigenvalue weighted by Crippen LogP contribution is 2.46. The molecule has 48 heavy (non-hydrogen) atoms. The fourth-order valence-corrected chi connectivity index (χ4v) is 8.07. The number of fused-ring (bicyclic) bond motifs is 4. The second-order valence-corrected chi connectivity index (χ2v) is 13.2. The molecule has 0 aliphatic carbocycles. The number of hydrogen-bond acceptors (Lipinski definition) is 2. The predicted octanol–water partition coefficient (Wildman–Crippen LogP) is 13.7. The molecular weight excluding hydrogens is 599 g/mol. The molecule has 0 N–H and O–H groups in total. The van der Waals surface area contributed by atoms with Crippen LogP contribution < -0.4 is 4.90 Å². The van der Waals surface area contributed by atoms with Gasteiger partial charge in [0.25, 0.3) is 0 Å². The summed E-state index contributed by atoms with van der Waals surface area (Å²) in [5, 5.41) is 5.10. The van der Waals surface area contributed by atoms with Gasteiger partial charge in [0, 0.05) is 37.1 Å². The lowest BCUT2D eigenvalue weighted by atomic mass is 9.94. The Hall–Kier alpha value is -5.96. The second-order valence-electron chi connectivity index (χ2n) is 12.2. The van der Waals surface area contributed by atoms with E-state index >= 15 is 0 Å². The molecule has 0 unspecified atom stereocenters. The van der Waals surface area contributed by atoms with Gasteiger partial charge in [-0.25, -0.2) is 0 Å². The highest BCUT2D eigenvalue weighted by molar-refractivity contribution is 7.25. The lowest BCUT2D eigenvalue weighted by molar-refractivity contribution is 1.29. The first kappa shape index (κ1) is 28.3. The van der Waals surface area contributed by atoms with Gasteiger partial charge in [0.1, 0.15) is 0 Å². The minimum Gasteiger partial charge on any atom is -0.310 e. The van der Waals surface area contributed by atoms with Gasteiger partial charge in [0.2, 0.25) is 0 Å². The van der Waals surface area contributed by atoms with Crippen LogP contribution in [0.4, 0.5) is 17.1 Å². The van der Waals surface area contributed by atoms with Crippen LogP contribution in [0, 0.1) is 0 Å². The van der Waals surface area contributed by atoms with Gasteiger partial charge in [0.15, 0.2) is 0 Å². The van der Waals surface area contributed by atoms with E-state index < -0.39 is 0 Å². The maximum Gasteiger partial charge on any atom is 0.0546 e. The lowest BCUT2D eigenvalue weighted by Crippen LogP contribution is -2.11. The van der Waals surface area contributed by atoms with Gasteiger partial charge in [-0.2, -0.15) is 0 Å². The molecule has 1 nitrogen and oxygen atoms in total. The molecule has 226 valence electrons. The van der Waals surface area contributed by atoms with E-state index in [0.29, 0.717) is 0 Å². The fraction of sp³-hybridized carbons (Fsp3) is 0. The molecule has 2 heteroatoms. The van der Waals surface area contributed by atoms with Crippen molar-refractivity contribution < 1.29 is 0 Å². The topological polar surface area (TPSA) is 3.24 Å². The fourth-order valence-electron chi connectivity index (χ4n) is 6.93. The molecular formula is C46H31NS. The van der Waals surface area contributed by atoms with Crippen molar-refractivity contribution in [2.45, 2.75) is 0 Å². The molecule has 0 radical (unpaired) electrons. The van der Waals surface area contributed by atoms with Crippen LogP contribution in [-0.2, 0) is 0 Å². The third-order valence-corrected chi connectivity index (χ3v) is 10.4. The average Bonchev–Trinajstić information content (AvgIpc) is 3.54. The third kappa shape index (κ3) is 5.04. The number of rotatable bonds is 6. The van der Waals surface area contributed by atoms with E-state index in [-0.39, 0.29) is 0 Å². The normalized spacial score (nSPS) is 11.3. The minimum absolute atomic E-state index is 1.11. The van der Waals surface area contributed by atoms with Gasteiger partial charge >= 0.3 is 0 Å². The Labute approximate surface area is 284 Å². The van der Waals surface area contributed by atoms with E-state index in [1.54, 1.807) is 0 Å². The van der Waals surface area contributed by atoms with Crippen molar-refractivity contribution in [1.29, 1.82) is 0 Å². The zero-order valence-electron chi connectivity index (χ0n) is 26.3. The monoisotopic (exact) mass is 629 g/mol. The highest BCUT2D eigenvalue weighted by atomic mass is 32.1. The standard InChI is InChI=1S/C46H31NS/c1-3-11-32(12-4-1)34-19-25-38(26-20-34)47(39-27-21-35(22-28-39)33-13-5-2-6-14-33)43-30-24-36-15-7-8-16-40(36)46(43)37-23-29-42-41-17-9-10-18-44(41)48-45(42)31-37/h1-31H. The van der Waals surface area contributed by atoms with Crippen LogP contribution in [0.25, 0.3) is 64.3 Å². The van der Waals surface area contributed by atoms with E-state index in [0.717, 1.165) is 17.1 Å². The Kier molecular flexibility index (Phi) is 7.07. The van der Waals surface area contributed by atoms with Crippen molar-refractivity contribution in [3.8, 4) is 33.4 Å². The van der Waals surface area contributed by atoms with Crippen molar-refractivity contribution in [3.63, 3.8) is 0 Å². The van der Waals surface area contributed by atoms with Gasteiger partial charge in [-0.3, -0.25) is 0 Å². The summed E-state index contributed by atoms with van der Waals surface area (Å²) >= 11 is 1.87.